The zero-order valence-electron chi connectivity index (χ0n) is 11.4. The average molecular weight is 412 g/mol. The summed E-state index contributed by atoms with van der Waals surface area (Å²) in [5.41, 5.74) is 1.21. The summed E-state index contributed by atoms with van der Waals surface area (Å²) in [6, 6.07) is 8.05. The summed E-state index contributed by atoms with van der Waals surface area (Å²) >= 11 is 8.58. The van der Waals surface area contributed by atoms with Gasteiger partial charge in [0, 0.05) is 34.0 Å². The molecule has 0 radical (unpaired) electrons. The minimum absolute atomic E-state index is 0. The first kappa shape index (κ1) is 19.1. The van der Waals surface area contributed by atoms with Crippen LogP contribution in [0.3, 0.4) is 0 Å². The summed E-state index contributed by atoms with van der Waals surface area (Å²) in [5.74, 6) is 2.88. The van der Waals surface area contributed by atoms with Crippen LogP contribution in [-0.2, 0) is 6.42 Å². The van der Waals surface area contributed by atoms with Gasteiger partial charge in [0.25, 0.3) is 0 Å². The second-order valence-electron chi connectivity index (χ2n) is 4.42. The molecule has 106 valence electrons. The van der Waals surface area contributed by atoms with Crippen molar-refractivity contribution < 1.29 is 16.9 Å². The number of likely N-dealkylation sites (N-methyl/N-ethyl adjacent to an activating group) is 1. The molecule has 0 heterocycles. The van der Waals surface area contributed by atoms with Crippen molar-refractivity contribution in [3.05, 3.63) is 34.9 Å². The van der Waals surface area contributed by atoms with Gasteiger partial charge in [-0.1, -0.05) is 29.8 Å². The molecule has 1 unspecified atom stereocenters. The fourth-order valence-corrected chi connectivity index (χ4v) is 3.47. The van der Waals surface area contributed by atoms with Crippen molar-refractivity contribution in [1.29, 1.82) is 0 Å². The molecule has 1 aromatic carbocycles. The summed E-state index contributed by atoms with van der Waals surface area (Å²) in [4.78, 5) is 0. The Kier molecular flexibility index (Phi) is 9.10. The molecule has 0 spiro atoms. The lowest BCUT2D eigenvalue weighted by Crippen LogP contribution is -3.00. The fraction of sp³-hybridized carbons (Fsp3) is 0.467. The van der Waals surface area contributed by atoms with Gasteiger partial charge in [0.05, 0.1) is 19.6 Å². The molecule has 0 saturated heterocycles. The molecule has 1 nitrogen and oxygen atoms in total. The van der Waals surface area contributed by atoms with Crippen molar-refractivity contribution in [3.8, 4) is 12.3 Å². The molecular formula is C15H20Cl2IN. The van der Waals surface area contributed by atoms with Crippen molar-refractivity contribution in [2.75, 3.05) is 19.6 Å². The van der Waals surface area contributed by atoms with E-state index in [2.05, 4.69) is 48.4 Å². The van der Waals surface area contributed by atoms with Crippen LogP contribution >= 0.6 is 34.2 Å². The van der Waals surface area contributed by atoms with E-state index in [0.717, 1.165) is 35.6 Å². The first-order chi connectivity index (χ1) is 8.59. The van der Waals surface area contributed by atoms with Gasteiger partial charge < -0.3 is 16.9 Å². The lowest BCUT2D eigenvalue weighted by Gasteiger charge is -2.39. The Bertz CT molecular complexity index is 424. The van der Waals surface area contributed by atoms with Crippen LogP contribution < -0.4 is 12.4 Å². The number of hydrogen-bond donors (Lipinski definition) is 0. The smallest absolute Gasteiger partial charge is 0.200 e. The number of alkyl halides is 1. The van der Waals surface area contributed by atoms with Crippen LogP contribution in [0.25, 0.3) is 0 Å². The average Bonchev–Trinajstić information content (AvgIpc) is 2.41. The summed E-state index contributed by atoms with van der Waals surface area (Å²) in [7, 11) is 0. The van der Waals surface area contributed by atoms with Gasteiger partial charge in [-0.3, -0.25) is 0 Å². The van der Waals surface area contributed by atoms with E-state index in [-0.39, 0.29) is 16.5 Å². The quantitative estimate of drug-likeness (QED) is 0.216. The molecule has 1 atom stereocenters. The van der Waals surface area contributed by atoms with Gasteiger partial charge in [0.2, 0.25) is 4.05 Å². The molecule has 0 aliphatic carbocycles. The maximum Gasteiger partial charge on any atom is 0.200 e. The minimum Gasteiger partial charge on any atom is -1.00 e. The van der Waals surface area contributed by atoms with Crippen LogP contribution in [0.15, 0.2) is 24.3 Å². The molecule has 0 aliphatic rings. The third-order valence-electron chi connectivity index (χ3n) is 3.66. The number of halogens is 3. The van der Waals surface area contributed by atoms with Crippen LogP contribution in [-0.4, -0.2) is 28.2 Å². The SMILES string of the molecule is C#CC(I)[N+](CC)(CC)CCc1ccccc1Cl.[Cl-]. The van der Waals surface area contributed by atoms with Crippen molar-refractivity contribution in [3.63, 3.8) is 0 Å². The highest BCUT2D eigenvalue weighted by Crippen LogP contribution is 2.22. The molecule has 0 aromatic heterocycles. The zero-order chi connectivity index (χ0) is 13.6. The van der Waals surface area contributed by atoms with Crippen LogP contribution in [0.5, 0.6) is 0 Å². The lowest BCUT2D eigenvalue weighted by molar-refractivity contribution is -0.923. The molecule has 1 rings (SSSR count). The van der Waals surface area contributed by atoms with E-state index in [1.165, 1.54) is 5.56 Å². The Morgan fingerprint density at radius 3 is 2.37 bits per heavy atom. The molecule has 0 fully saturated rings. The zero-order valence-corrected chi connectivity index (χ0v) is 15.0. The number of nitrogens with zero attached hydrogens (tertiary/aromatic N) is 1. The largest absolute Gasteiger partial charge is 1.00 e. The van der Waals surface area contributed by atoms with Gasteiger partial charge in [0.1, 0.15) is 0 Å². The second kappa shape index (κ2) is 9.07. The maximum absolute atomic E-state index is 6.20. The predicted molar refractivity (Wildman–Crippen MR) is 88.0 cm³/mol. The van der Waals surface area contributed by atoms with Crippen LogP contribution in [0.4, 0.5) is 0 Å². The Morgan fingerprint density at radius 2 is 1.89 bits per heavy atom. The molecule has 1 aromatic rings. The normalized spacial score (nSPS) is 12.4. The topological polar surface area (TPSA) is 0 Å². The predicted octanol–water partition coefficient (Wildman–Crippen LogP) is 1.14. The van der Waals surface area contributed by atoms with E-state index in [1.54, 1.807) is 0 Å². The van der Waals surface area contributed by atoms with E-state index in [1.807, 2.05) is 18.2 Å². The summed E-state index contributed by atoms with van der Waals surface area (Å²) in [6.07, 6.45) is 6.58. The van der Waals surface area contributed by atoms with Crippen molar-refractivity contribution in [1.82, 2.24) is 0 Å². The third kappa shape index (κ3) is 4.82. The monoisotopic (exact) mass is 411 g/mol. The molecule has 0 amide bonds. The highest BCUT2D eigenvalue weighted by molar-refractivity contribution is 14.1. The van der Waals surface area contributed by atoms with Crippen LogP contribution in [0, 0.1) is 12.3 Å². The Hall–Kier alpha value is 0.0500. The number of benzene rings is 1. The highest BCUT2D eigenvalue weighted by Gasteiger charge is 2.30. The van der Waals surface area contributed by atoms with Gasteiger partial charge in [-0.15, -0.1) is 6.42 Å². The van der Waals surface area contributed by atoms with Gasteiger partial charge in [-0.05, 0) is 31.4 Å². The van der Waals surface area contributed by atoms with Crippen molar-refractivity contribution in [2.24, 2.45) is 0 Å². The number of terminal acetylenes is 1. The first-order valence-electron chi connectivity index (χ1n) is 6.29. The lowest BCUT2D eigenvalue weighted by atomic mass is 10.1. The molecule has 0 aliphatic heterocycles. The molecule has 0 bridgehead atoms. The third-order valence-corrected chi connectivity index (χ3v) is 5.57. The highest BCUT2D eigenvalue weighted by atomic mass is 127. The molecule has 19 heavy (non-hydrogen) atoms. The molecule has 4 heteroatoms. The van der Waals surface area contributed by atoms with Crippen molar-refractivity contribution in [2.45, 2.75) is 24.3 Å². The van der Waals surface area contributed by atoms with Crippen LogP contribution in [0.2, 0.25) is 5.02 Å². The van der Waals surface area contributed by atoms with Gasteiger partial charge in [-0.2, -0.15) is 0 Å². The van der Waals surface area contributed by atoms with E-state index in [0.29, 0.717) is 0 Å². The molecule has 0 N–H and O–H groups in total. The Labute approximate surface area is 141 Å². The van der Waals surface area contributed by atoms with E-state index in [9.17, 15) is 0 Å². The second-order valence-corrected chi connectivity index (χ2v) is 6.01. The minimum atomic E-state index is 0. The van der Waals surface area contributed by atoms with Crippen LogP contribution in [0.1, 0.15) is 19.4 Å². The molecular weight excluding hydrogens is 392 g/mol. The Morgan fingerprint density at radius 1 is 1.32 bits per heavy atom. The van der Waals surface area contributed by atoms with E-state index < -0.39 is 0 Å². The number of hydrogen-bond acceptors (Lipinski definition) is 0. The van der Waals surface area contributed by atoms with E-state index in [4.69, 9.17) is 18.0 Å². The number of rotatable bonds is 6. The van der Waals surface area contributed by atoms with Gasteiger partial charge in [0.15, 0.2) is 0 Å². The summed E-state index contributed by atoms with van der Waals surface area (Å²) in [6.45, 7) is 7.56. The number of quaternary nitrogens is 1. The Balaban J connectivity index is 0.00000324. The molecule has 0 saturated carbocycles. The first-order valence-corrected chi connectivity index (χ1v) is 7.91. The van der Waals surface area contributed by atoms with E-state index >= 15 is 0 Å². The van der Waals surface area contributed by atoms with Crippen molar-refractivity contribution >= 4 is 34.2 Å². The maximum atomic E-state index is 6.20. The van der Waals surface area contributed by atoms with Gasteiger partial charge in [-0.25, -0.2) is 0 Å². The van der Waals surface area contributed by atoms with Gasteiger partial charge >= 0.3 is 0 Å². The summed E-state index contributed by atoms with van der Waals surface area (Å²) < 4.78 is 1.17. The summed E-state index contributed by atoms with van der Waals surface area (Å²) in [5, 5.41) is 0.855. The standard InChI is InChI=1S/C15H20ClIN.ClH/c1-4-15(17)18(5-2,6-3)12-11-13-9-7-8-10-14(13)16;/h1,7-10,15H,5-6,11-12H2,2-3H3;1H/q+1;/p-1. The fourth-order valence-electron chi connectivity index (χ4n) is 2.18.